The van der Waals surface area contributed by atoms with Gasteiger partial charge in [-0.2, -0.15) is 5.11 Å². The van der Waals surface area contributed by atoms with Gasteiger partial charge < -0.3 is 5.11 Å². The quantitative estimate of drug-likeness (QED) is 0.380. The van der Waals surface area contributed by atoms with Crippen LogP contribution in [0.5, 0.6) is 5.75 Å². The van der Waals surface area contributed by atoms with Crippen molar-refractivity contribution >= 4 is 27.9 Å². The fourth-order valence-corrected chi connectivity index (χ4v) is 2.40. The highest BCUT2D eigenvalue weighted by Gasteiger charge is 2.06. The van der Waals surface area contributed by atoms with Crippen LogP contribution in [0.1, 0.15) is 17.3 Å². The van der Waals surface area contributed by atoms with E-state index >= 15 is 0 Å². The maximum Gasteiger partial charge on any atom is 0.185 e. The molecule has 3 aromatic carbocycles. The van der Waals surface area contributed by atoms with Gasteiger partial charge in [0.05, 0.1) is 5.69 Å². The summed E-state index contributed by atoms with van der Waals surface area (Å²) >= 11 is 0. The molecule has 4 heteroatoms. The molecule has 0 amide bonds. The average molecular weight is 316 g/mol. The third kappa shape index (κ3) is 3.22. The molecule has 4 nitrogen and oxygen atoms in total. The zero-order chi connectivity index (χ0) is 16.9. The molecule has 0 atom stereocenters. The van der Waals surface area contributed by atoms with E-state index in [0.717, 1.165) is 10.8 Å². The van der Waals surface area contributed by atoms with Crippen molar-refractivity contribution in [2.24, 2.45) is 10.2 Å². The van der Waals surface area contributed by atoms with E-state index in [1.807, 2.05) is 30.3 Å². The van der Waals surface area contributed by atoms with Gasteiger partial charge >= 0.3 is 0 Å². The Balaban J connectivity index is 1.91. The number of aromatic hydroxyl groups is 1. The largest absolute Gasteiger partial charge is 0.506 e. The number of rotatable bonds is 4. The summed E-state index contributed by atoms with van der Waals surface area (Å²) in [5.41, 5.74) is 1.64. The number of benzene rings is 3. The molecule has 3 aromatic rings. The Morgan fingerprint density at radius 3 is 2.46 bits per heavy atom. The summed E-state index contributed by atoms with van der Waals surface area (Å²) in [4.78, 5) is 11.8. The van der Waals surface area contributed by atoms with E-state index in [0.29, 0.717) is 16.9 Å². The standard InChI is InChI=1S/C20H16N2O2/c1-2-5-18(23)15-8-11-16(12-9-15)21-22-20-17-7-4-3-6-14(17)10-13-19(20)24/h2-13,24H,1H3. The summed E-state index contributed by atoms with van der Waals surface area (Å²) in [5, 5.41) is 20.2. The number of phenolic OH excluding ortho intramolecular Hbond substituents is 1. The molecule has 0 aromatic heterocycles. The molecule has 0 aliphatic heterocycles. The first-order valence-corrected chi connectivity index (χ1v) is 7.58. The number of phenols is 1. The maximum absolute atomic E-state index is 11.8. The van der Waals surface area contributed by atoms with Crippen LogP contribution in [-0.2, 0) is 0 Å². The highest BCUT2D eigenvalue weighted by Crippen LogP contribution is 2.35. The lowest BCUT2D eigenvalue weighted by Crippen LogP contribution is -1.92. The van der Waals surface area contributed by atoms with Crippen LogP contribution in [0.4, 0.5) is 11.4 Å². The van der Waals surface area contributed by atoms with Gasteiger partial charge in [0.15, 0.2) is 5.78 Å². The summed E-state index contributed by atoms with van der Waals surface area (Å²) in [5.74, 6) is 0.0324. The van der Waals surface area contributed by atoms with Crippen LogP contribution in [0.2, 0.25) is 0 Å². The summed E-state index contributed by atoms with van der Waals surface area (Å²) < 4.78 is 0. The van der Waals surface area contributed by atoms with Gasteiger partial charge in [-0.3, -0.25) is 4.79 Å². The van der Waals surface area contributed by atoms with Crippen LogP contribution in [0.25, 0.3) is 10.8 Å². The number of azo groups is 1. The van der Waals surface area contributed by atoms with Gasteiger partial charge in [0.2, 0.25) is 0 Å². The molecule has 1 N–H and O–H groups in total. The normalized spacial score (nSPS) is 11.5. The lowest BCUT2D eigenvalue weighted by Gasteiger charge is -2.03. The van der Waals surface area contributed by atoms with Crippen molar-refractivity contribution in [3.05, 3.63) is 78.4 Å². The average Bonchev–Trinajstić information content (AvgIpc) is 2.61. The molecule has 0 fully saturated rings. The minimum Gasteiger partial charge on any atom is -0.506 e. The third-order valence-corrected chi connectivity index (χ3v) is 3.61. The van der Waals surface area contributed by atoms with E-state index in [4.69, 9.17) is 0 Å². The molecular weight excluding hydrogens is 300 g/mol. The molecule has 0 heterocycles. The van der Waals surface area contributed by atoms with E-state index in [-0.39, 0.29) is 11.5 Å². The fraction of sp³-hybridized carbons (Fsp3) is 0.0500. The maximum atomic E-state index is 11.8. The summed E-state index contributed by atoms with van der Waals surface area (Å²) in [6, 6.07) is 18.0. The second-order valence-electron chi connectivity index (χ2n) is 5.27. The molecule has 24 heavy (non-hydrogen) atoms. The number of carbonyl (C=O) groups excluding carboxylic acids is 1. The number of hydrogen-bond acceptors (Lipinski definition) is 4. The number of hydrogen-bond donors (Lipinski definition) is 1. The first kappa shape index (κ1) is 15.6. The molecule has 0 radical (unpaired) electrons. The van der Waals surface area contributed by atoms with Gasteiger partial charge in [0.1, 0.15) is 11.4 Å². The third-order valence-electron chi connectivity index (χ3n) is 3.61. The van der Waals surface area contributed by atoms with Gasteiger partial charge in [0.25, 0.3) is 0 Å². The van der Waals surface area contributed by atoms with Crippen LogP contribution in [0.3, 0.4) is 0 Å². The molecule has 0 saturated heterocycles. The van der Waals surface area contributed by atoms with Crippen LogP contribution < -0.4 is 0 Å². The van der Waals surface area contributed by atoms with Crippen LogP contribution >= 0.6 is 0 Å². The van der Waals surface area contributed by atoms with Gasteiger partial charge in [-0.1, -0.05) is 36.4 Å². The highest BCUT2D eigenvalue weighted by molar-refractivity contribution is 6.04. The molecular formula is C20H16N2O2. The summed E-state index contributed by atoms with van der Waals surface area (Å²) in [6.07, 6.45) is 3.23. The molecule has 0 aliphatic carbocycles. The van der Waals surface area contributed by atoms with E-state index in [9.17, 15) is 9.90 Å². The van der Waals surface area contributed by atoms with E-state index in [2.05, 4.69) is 10.2 Å². The van der Waals surface area contributed by atoms with Crippen molar-refractivity contribution in [1.29, 1.82) is 0 Å². The Bertz CT molecular complexity index is 942. The molecule has 0 bridgehead atoms. The lowest BCUT2D eigenvalue weighted by molar-refractivity contribution is 0.104. The first-order chi connectivity index (χ1) is 11.7. The molecule has 0 spiro atoms. The Morgan fingerprint density at radius 2 is 1.71 bits per heavy atom. The monoisotopic (exact) mass is 316 g/mol. The van der Waals surface area contributed by atoms with Crippen molar-refractivity contribution in [3.63, 3.8) is 0 Å². The predicted molar refractivity (Wildman–Crippen MR) is 95.4 cm³/mol. The van der Waals surface area contributed by atoms with Crippen molar-refractivity contribution in [2.45, 2.75) is 6.92 Å². The Hall–Kier alpha value is -3.27. The Kier molecular flexibility index (Phi) is 4.47. The van der Waals surface area contributed by atoms with E-state index < -0.39 is 0 Å². The summed E-state index contributed by atoms with van der Waals surface area (Å²) in [6.45, 7) is 1.80. The zero-order valence-electron chi connectivity index (χ0n) is 13.2. The van der Waals surface area contributed by atoms with Crippen molar-refractivity contribution in [2.75, 3.05) is 0 Å². The second-order valence-corrected chi connectivity index (χ2v) is 5.27. The molecule has 0 unspecified atom stereocenters. The predicted octanol–water partition coefficient (Wildman–Crippen LogP) is 5.72. The van der Waals surface area contributed by atoms with Crippen molar-refractivity contribution in [1.82, 2.24) is 0 Å². The molecule has 0 aliphatic rings. The van der Waals surface area contributed by atoms with Crippen LogP contribution in [-0.4, -0.2) is 10.9 Å². The van der Waals surface area contributed by atoms with Gasteiger partial charge in [0, 0.05) is 10.9 Å². The smallest absolute Gasteiger partial charge is 0.185 e. The SMILES string of the molecule is CC=CC(=O)c1ccc(N=Nc2c(O)ccc3ccccc23)cc1. The number of ketones is 1. The number of nitrogens with zero attached hydrogens (tertiary/aromatic N) is 2. The number of allylic oxidation sites excluding steroid dienone is 2. The second kappa shape index (κ2) is 6.87. The van der Waals surface area contributed by atoms with Crippen molar-refractivity contribution in [3.8, 4) is 5.75 Å². The topological polar surface area (TPSA) is 62.0 Å². The van der Waals surface area contributed by atoms with Crippen molar-refractivity contribution < 1.29 is 9.90 Å². The minimum atomic E-state index is -0.0484. The highest BCUT2D eigenvalue weighted by atomic mass is 16.3. The van der Waals surface area contributed by atoms with E-state index in [1.54, 1.807) is 43.3 Å². The molecule has 0 saturated carbocycles. The summed E-state index contributed by atoms with van der Waals surface area (Å²) in [7, 11) is 0. The van der Waals surface area contributed by atoms with Crippen LogP contribution in [0.15, 0.2) is 83.0 Å². The fourth-order valence-electron chi connectivity index (χ4n) is 2.40. The van der Waals surface area contributed by atoms with Gasteiger partial charge in [-0.25, -0.2) is 0 Å². The lowest BCUT2D eigenvalue weighted by atomic mass is 10.1. The van der Waals surface area contributed by atoms with E-state index in [1.165, 1.54) is 6.08 Å². The zero-order valence-corrected chi connectivity index (χ0v) is 13.2. The van der Waals surface area contributed by atoms with Gasteiger partial charge in [-0.05, 0) is 48.7 Å². The number of fused-ring (bicyclic) bond motifs is 1. The number of carbonyl (C=O) groups is 1. The van der Waals surface area contributed by atoms with Crippen LogP contribution in [0, 0.1) is 0 Å². The minimum absolute atomic E-state index is 0.0484. The van der Waals surface area contributed by atoms with Gasteiger partial charge in [-0.15, -0.1) is 5.11 Å². The molecule has 3 rings (SSSR count). The molecule has 118 valence electrons. The Labute approximate surface area is 139 Å². The first-order valence-electron chi connectivity index (χ1n) is 7.58. The Morgan fingerprint density at radius 1 is 0.958 bits per heavy atom.